The summed E-state index contributed by atoms with van der Waals surface area (Å²) in [7, 11) is -1.48. The van der Waals surface area contributed by atoms with E-state index < -0.39 is 9.84 Å². The largest absolute Gasteiger partial charge is 0.492 e. The SMILES string of the molecule is COCC(C)NCCOc1ccc(S(C)(=O)=O)cc1. The molecule has 19 heavy (non-hydrogen) atoms. The molecule has 0 aromatic heterocycles. The van der Waals surface area contributed by atoms with Crippen molar-refractivity contribution in [2.75, 3.05) is 33.1 Å². The Hall–Kier alpha value is -1.11. The fourth-order valence-corrected chi connectivity index (χ4v) is 2.20. The van der Waals surface area contributed by atoms with Crippen LogP contribution in [0.25, 0.3) is 0 Å². The van der Waals surface area contributed by atoms with Gasteiger partial charge in [-0.15, -0.1) is 0 Å². The summed E-state index contributed by atoms with van der Waals surface area (Å²) in [4.78, 5) is 0.298. The van der Waals surface area contributed by atoms with Gasteiger partial charge in [-0.1, -0.05) is 0 Å². The number of rotatable bonds is 8. The van der Waals surface area contributed by atoms with Crippen LogP contribution in [-0.2, 0) is 14.6 Å². The molecule has 108 valence electrons. The molecule has 6 heteroatoms. The maximum atomic E-state index is 11.3. The fraction of sp³-hybridized carbons (Fsp3) is 0.538. The second kappa shape index (κ2) is 7.47. The molecule has 1 aromatic carbocycles. The lowest BCUT2D eigenvalue weighted by Gasteiger charge is -2.13. The second-order valence-electron chi connectivity index (χ2n) is 4.40. The van der Waals surface area contributed by atoms with Gasteiger partial charge in [0.05, 0.1) is 11.5 Å². The third-order valence-electron chi connectivity index (χ3n) is 2.53. The predicted molar refractivity (Wildman–Crippen MR) is 74.4 cm³/mol. The van der Waals surface area contributed by atoms with Gasteiger partial charge in [-0.25, -0.2) is 8.42 Å². The van der Waals surface area contributed by atoms with Gasteiger partial charge in [-0.05, 0) is 31.2 Å². The van der Waals surface area contributed by atoms with Crippen LogP contribution in [0.2, 0.25) is 0 Å². The Morgan fingerprint density at radius 3 is 2.42 bits per heavy atom. The first kappa shape index (κ1) is 15.9. The van der Waals surface area contributed by atoms with Crippen molar-refractivity contribution in [3.63, 3.8) is 0 Å². The molecule has 0 amide bonds. The van der Waals surface area contributed by atoms with Gasteiger partial charge in [-0.2, -0.15) is 0 Å². The number of sulfone groups is 1. The maximum absolute atomic E-state index is 11.3. The van der Waals surface area contributed by atoms with Gasteiger partial charge in [0.25, 0.3) is 0 Å². The molecule has 1 aromatic rings. The molecule has 0 saturated carbocycles. The maximum Gasteiger partial charge on any atom is 0.175 e. The van der Waals surface area contributed by atoms with Gasteiger partial charge in [0.15, 0.2) is 9.84 Å². The van der Waals surface area contributed by atoms with E-state index in [1.807, 2.05) is 6.92 Å². The van der Waals surface area contributed by atoms with Crippen molar-refractivity contribution >= 4 is 9.84 Å². The molecule has 1 rings (SSSR count). The summed E-state index contributed by atoms with van der Waals surface area (Å²) in [6, 6.07) is 6.70. The van der Waals surface area contributed by atoms with E-state index in [1.165, 1.54) is 6.26 Å². The van der Waals surface area contributed by atoms with Crippen LogP contribution in [0.4, 0.5) is 0 Å². The number of hydrogen-bond donors (Lipinski definition) is 1. The molecule has 0 heterocycles. The molecule has 0 fully saturated rings. The van der Waals surface area contributed by atoms with E-state index in [0.717, 1.165) is 0 Å². The first-order chi connectivity index (χ1) is 8.93. The minimum absolute atomic E-state index is 0.279. The summed E-state index contributed by atoms with van der Waals surface area (Å²) in [6.45, 7) is 3.91. The minimum atomic E-state index is -3.14. The molecule has 0 bridgehead atoms. The Morgan fingerprint density at radius 2 is 1.89 bits per heavy atom. The Morgan fingerprint density at radius 1 is 1.26 bits per heavy atom. The molecular formula is C13H21NO4S. The summed E-state index contributed by atoms with van der Waals surface area (Å²) in [5.74, 6) is 0.661. The van der Waals surface area contributed by atoms with Crippen LogP contribution < -0.4 is 10.1 Å². The van der Waals surface area contributed by atoms with Gasteiger partial charge >= 0.3 is 0 Å². The highest BCUT2D eigenvalue weighted by atomic mass is 32.2. The Kier molecular flexibility index (Phi) is 6.27. The molecule has 1 unspecified atom stereocenters. The zero-order valence-corrected chi connectivity index (χ0v) is 12.4. The standard InChI is InChI=1S/C13H21NO4S/c1-11(10-17-2)14-8-9-18-12-4-6-13(7-5-12)19(3,15)16/h4-7,11,14H,8-10H2,1-3H3. The summed E-state index contributed by atoms with van der Waals surface area (Å²) < 4.78 is 33.1. The second-order valence-corrected chi connectivity index (χ2v) is 6.42. The van der Waals surface area contributed by atoms with E-state index in [1.54, 1.807) is 31.4 Å². The minimum Gasteiger partial charge on any atom is -0.492 e. The van der Waals surface area contributed by atoms with Crippen molar-refractivity contribution in [3.8, 4) is 5.75 Å². The van der Waals surface area contributed by atoms with E-state index >= 15 is 0 Å². The number of benzene rings is 1. The Balaban J connectivity index is 2.35. The molecule has 0 aliphatic carbocycles. The quantitative estimate of drug-likeness (QED) is 0.725. The smallest absolute Gasteiger partial charge is 0.175 e. The third-order valence-corrected chi connectivity index (χ3v) is 3.66. The molecule has 0 radical (unpaired) electrons. The lowest BCUT2D eigenvalue weighted by molar-refractivity contribution is 0.169. The van der Waals surface area contributed by atoms with Crippen molar-refractivity contribution in [1.29, 1.82) is 0 Å². The van der Waals surface area contributed by atoms with Crippen LogP contribution in [0.15, 0.2) is 29.2 Å². The van der Waals surface area contributed by atoms with Gasteiger partial charge in [-0.3, -0.25) is 0 Å². The number of nitrogens with one attached hydrogen (secondary N) is 1. The number of hydrogen-bond acceptors (Lipinski definition) is 5. The highest BCUT2D eigenvalue weighted by Crippen LogP contribution is 2.15. The van der Waals surface area contributed by atoms with E-state index in [9.17, 15) is 8.42 Å². The van der Waals surface area contributed by atoms with Crippen molar-refractivity contribution in [1.82, 2.24) is 5.32 Å². The third kappa shape index (κ3) is 6.04. The molecular weight excluding hydrogens is 266 g/mol. The van der Waals surface area contributed by atoms with Gasteiger partial charge in [0.1, 0.15) is 12.4 Å². The predicted octanol–water partition coefficient (Wildman–Crippen LogP) is 1.09. The normalized spacial score (nSPS) is 13.2. The zero-order valence-electron chi connectivity index (χ0n) is 11.5. The summed E-state index contributed by atoms with van der Waals surface area (Å²) in [6.07, 6.45) is 1.18. The number of ether oxygens (including phenoxy) is 2. The van der Waals surface area contributed by atoms with E-state index in [4.69, 9.17) is 9.47 Å². The van der Waals surface area contributed by atoms with E-state index in [-0.39, 0.29) is 6.04 Å². The highest BCUT2D eigenvalue weighted by Gasteiger charge is 2.06. The zero-order chi connectivity index (χ0) is 14.3. The van der Waals surface area contributed by atoms with Crippen LogP contribution in [0.1, 0.15) is 6.92 Å². The van der Waals surface area contributed by atoms with Crippen LogP contribution in [-0.4, -0.2) is 47.6 Å². The molecule has 0 aliphatic rings. The topological polar surface area (TPSA) is 64.6 Å². The van der Waals surface area contributed by atoms with Crippen LogP contribution in [0, 0.1) is 0 Å². The Labute approximate surface area is 114 Å². The lowest BCUT2D eigenvalue weighted by atomic mass is 10.3. The van der Waals surface area contributed by atoms with Crippen molar-refractivity contribution in [2.24, 2.45) is 0 Å². The van der Waals surface area contributed by atoms with Crippen molar-refractivity contribution in [3.05, 3.63) is 24.3 Å². The fourth-order valence-electron chi connectivity index (χ4n) is 1.57. The van der Waals surface area contributed by atoms with Crippen LogP contribution >= 0.6 is 0 Å². The summed E-state index contributed by atoms with van der Waals surface area (Å²) >= 11 is 0. The highest BCUT2D eigenvalue weighted by molar-refractivity contribution is 7.90. The van der Waals surface area contributed by atoms with Gasteiger partial charge < -0.3 is 14.8 Å². The summed E-state index contributed by atoms with van der Waals surface area (Å²) in [5, 5.41) is 3.24. The Bertz CT molecular complexity index is 470. The van der Waals surface area contributed by atoms with Gasteiger partial charge in [0, 0.05) is 26.0 Å². The first-order valence-corrected chi connectivity index (χ1v) is 7.98. The average Bonchev–Trinajstić information content (AvgIpc) is 2.34. The number of methoxy groups -OCH3 is 1. The molecule has 1 atom stereocenters. The van der Waals surface area contributed by atoms with Crippen molar-refractivity contribution in [2.45, 2.75) is 17.9 Å². The first-order valence-electron chi connectivity index (χ1n) is 6.08. The molecule has 1 N–H and O–H groups in total. The molecule has 0 spiro atoms. The average molecular weight is 287 g/mol. The molecule has 5 nitrogen and oxygen atoms in total. The van der Waals surface area contributed by atoms with Crippen molar-refractivity contribution < 1.29 is 17.9 Å². The van der Waals surface area contributed by atoms with E-state index in [2.05, 4.69) is 5.32 Å². The van der Waals surface area contributed by atoms with Gasteiger partial charge in [0.2, 0.25) is 0 Å². The monoisotopic (exact) mass is 287 g/mol. The molecule has 0 aliphatic heterocycles. The van der Waals surface area contributed by atoms with E-state index in [0.29, 0.717) is 30.4 Å². The summed E-state index contributed by atoms with van der Waals surface area (Å²) in [5.41, 5.74) is 0. The molecule has 0 saturated heterocycles. The van der Waals surface area contributed by atoms with Crippen LogP contribution in [0.5, 0.6) is 5.75 Å². The van der Waals surface area contributed by atoms with Crippen LogP contribution in [0.3, 0.4) is 0 Å². The lowest BCUT2D eigenvalue weighted by Crippen LogP contribution is -2.33.